The first kappa shape index (κ1) is 15.5. The highest BCUT2D eigenvalue weighted by atomic mass is 79.9. The van der Waals surface area contributed by atoms with Gasteiger partial charge in [0.2, 0.25) is 0 Å². The Morgan fingerprint density at radius 2 is 1.95 bits per heavy atom. The van der Waals surface area contributed by atoms with Crippen LogP contribution in [0.15, 0.2) is 46.9 Å². The molecule has 0 spiro atoms. The maximum absolute atomic E-state index is 13.5. The van der Waals surface area contributed by atoms with E-state index < -0.39 is 11.4 Å². The van der Waals surface area contributed by atoms with E-state index in [1.807, 2.05) is 31.2 Å². The van der Waals surface area contributed by atoms with Gasteiger partial charge in [-0.25, -0.2) is 4.39 Å². The maximum Gasteiger partial charge on any atom is 0.142 e. The smallest absolute Gasteiger partial charge is 0.142 e. The molecule has 0 saturated carbocycles. The summed E-state index contributed by atoms with van der Waals surface area (Å²) in [5.74, 6) is -0.461. The summed E-state index contributed by atoms with van der Waals surface area (Å²) < 4.78 is 14.4. The summed E-state index contributed by atoms with van der Waals surface area (Å²) >= 11 is 9.38. The molecular formula is C16H15BrClFO. The van der Waals surface area contributed by atoms with Gasteiger partial charge in [0.15, 0.2) is 0 Å². The highest BCUT2D eigenvalue weighted by Gasteiger charge is 2.29. The van der Waals surface area contributed by atoms with Gasteiger partial charge in [-0.3, -0.25) is 0 Å². The van der Waals surface area contributed by atoms with Crippen molar-refractivity contribution >= 4 is 27.5 Å². The van der Waals surface area contributed by atoms with Gasteiger partial charge in [0.05, 0.1) is 10.6 Å². The lowest BCUT2D eigenvalue weighted by atomic mass is 9.85. The molecule has 2 aromatic carbocycles. The summed E-state index contributed by atoms with van der Waals surface area (Å²) in [6.07, 6.45) is 0.785. The molecule has 1 atom stereocenters. The van der Waals surface area contributed by atoms with Gasteiger partial charge in [-0.15, -0.1) is 0 Å². The monoisotopic (exact) mass is 356 g/mol. The molecule has 20 heavy (non-hydrogen) atoms. The van der Waals surface area contributed by atoms with Crippen LogP contribution in [0.2, 0.25) is 5.02 Å². The van der Waals surface area contributed by atoms with Gasteiger partial charge in [0, 0.05) is 10.9 Å². The molecule has 1 unspecified atom stereocenters. The molecule has 0 heterocycles. The number of benzene rings is 2. The van der Waals surface area contributed by atoms with E-state index in [1.165, 1.54) is 6.07 Å². The summed E-state index contributed by atoms with van der Waals surface area (Å²) in [5.41, 5.74) is 0.326. The number of rotatable bonds is 4. The number of aliphatic hydroxyl groups is 1. The standard InChI is InChI=1S/C16H15BrClFO/c1-2-16(20,12-6-4-7-13(17)9-12)10-11-5-3-8-14(19)15(11)18/h3-9,20H,2,10H2,1H3. The molecule has 0 aliphatic rings. The molecule has 0 amide bonds. The number of hydrogen-bond donors (Lipinski definition) is 1. The van der Waals surface area contributed by atoms with Gasteiger partial charge < -0.3 is 5.11 Å². The molecule has 4 heteroatoms. The first-order chi connectivity index (χ1) is 9.46. The largest absolute Gasteiger partial charge is 0.385 e. The van der Waals surface area contributed by atoms with Crippen LogP contribution in [0, 0.1) is 5.82 Å². The molecule has 2 rings (SSSR count). The normalized spacial score (nSPS) is 14.1. The Kier molecular flexibility index (Phi) is 4.84. The van der Waals surface area contributed by atoms with Crippen molar-refractivity contribution in [2.24, 2.45) is 0 Å². The molecule has 0 aliphatic carbocycles. The minimum absolute atomic E-state index is 0.0781. The fourth-order valence-electron chi connectivity index (χ4n) is 2.21. The van der Waals surface area contributed by atoms with Gasteiger partial charge in [-0.1, -0.05) is 58.7 Å². The molecule has 0 aromatic heterocycles. The predicted octanol–water partition coefficient (Wildman–Crippen LogP) is 5.08. The molecule has 0 radical (unpaired) electrons. The molecule has 1 N–H and O–H groups in total. The fraction of sp³-hybridized carbons (Fsp3) is 0.250. The number of hydrogen-bond acceptors (Lipinski definition) is 1. The van der Waals surface area contributed by atoms with Crippen LogP contribution in [0.3, 0.4) is 0 Å². The van der Waals surface area contributed by atoms with Crippen LogP contribution >= 0.6 is 27.5 Å². The van der Waals surface area contributed by atoms with E-state index in [0.29, 0.717) is 12.0 Å². The van der Waals surface area contributed by atoms with E-state index in [4.69, 9.17) is 11.6 Å². The van der Waals surface area contributed by atoms with Crippen molar-refractivity contribution < 1.29 is 9.50 Å². The Labute approximate surface area is 131 Å². The van der Waals surface area contributed by atoms with Gasteiger partial charge in [-0.05, 0) is 35.7 Å². The van der Waals surface area contributed by atoms with E-state index in [0.717, 1.165) is 10.0 Å². The third-order valence-corrected chi connectivity index (χ3v) is 4.38. The average molecular weight is 358 g/mol. The van der Waals surface area contributed by atoms with E-state index in [1.54, 1.807) is 12.1 Å². The Morgan fingerprint density at radius 1 is 1.25 bits per heavy atom. The van der Waals surface area contributed by atoms with Crippen LogP contribution in [0.5, 0.6) is 0 Å². The Hall–Kier alpha value is -0.900. The molecule has 0 bridgehead atoms. The Balaban J connectivity index is 2.39. The summed E-state index contributed by atoms with van der Waals surface area (Å²) in [6.45, 7) is 1.90. The SMILES string of the molecule is CCC(O)(Cc1cccc(F)c1Cl)c1cccc(Br)c1. The Morgan fingerprint density at radius 3 is 2.60 bits per heavy atom. The Bertz CT molecular complexity index is 617. The molecule has 0 saturated heterocycles. The van der Waals surface area contributed by atoms with Crippen molar-refractivity contribution in [3.05, 3.63) is 68.9 Å². The topological polar surface area (TPSA) is 20.2 Å². The first-order valence-corrected chi connectivity index (χ1v) is 7.54. The average Bonchev–Trinajstić information content (AvgIpc) is 2.44. The van der Waals surface area contributed by atoms with Crippen molar-refractivity contribution in [1.82, 2.24) is 0 Å². The van der Waals surface area contributed by atoms with E-state index in [-0.39, 0.29) is 11.4 Å². The minimum atomic E-state index is -1.07. The summed E-state index contributed by atoms with van der Waals surface area (Å²) in [7, 11) is 0. The van der Waals surface area contributed by atoms with Crippen LogP contribution in [0.4, 0.5) is 4.39 Å². The molecule has 2 aromatic rings. The second kappa shape index (κ2) is 6.25. The van der Waals surface area contributed by atoms with E-state index in [9.17, 15) is 9.50 Å². The van der Waals surface area contributed by atoms with Crippen LogP contribution in [0.25, 0.3) is 0 Å². The van der Waals surface area contributed by atoms with Crippen molar-refractivity contribution in [2.45, 2.75) is 25.4 Å². The molecule has 0 fully saturated rings. The quantitative estimate of drug-likeness (QED) is 0.809. The van der Waals surface area contributed by atoms with Crippen molar-refractivity contribution in [3.63, 3.8) is 0 Å². The maximum atomic E-state index is 13.5. The molecule has 1 nitrogen and oxygen atoms in total. The summed E-state index contributed by atoms with van der Waals surface area (Å²) in [4.78, 5) is 0. The molecule has 106 valence electrons. The van der Waals surface area contributed by atoms with E-state index >= 15 is 0 Å². The first-order valence-electron chi connectivity index (χ1n) is 6.37. The van der Waals surface area contributed by atoms with Crippen LogP contribution in [-0.4, -0.2) is 5.11 Å². The van der Waals surface area contributed by atoms with Gasteiger partial charge in [0.1, 0.15) is 5.82 Å². The van der Waals surface area contributed by atoms with Crippen LogP contribution in [-0.2, 0) is 12.0 Å². The third kappa shape index (κ3) is 3.22. The molecular weight excluding hydrogens is 343 g/mol. The highest BCUT2D eigenvalue weighted by Crippen LogP contribution is 2.33. The predicted molar refractivity (Wildman–Crippen MR) is 83.4 cm³/mol. The second-order valence-corrected chi connectivity index (χ2v) is 6.08. The zero-order valence-corrected chi connectivity index (χ0v) is 13.4. The van der Waals surface area contributed by atoms with Gasteiger partial charge in [-0.2, -0.15) is 0 Å². The van der Waals surface area contributed by atoms with Gasteiger partial charge >= 0.3 is 0 Å². The minimum Gasteiger partial charge on any atom is -0.385 e. The second-order valence-electron chi connectivity index (χ2n) is 4.79. The lowest BCUT2D eigenvalue weighted by Gasteiger charge is -2.28. The zero-order valence-electron chi connectivity index (χ0n) is 11.0. The fourth-order valence-corrected chi connectivity index (χ4v) is 2.80. The third-order valence-electron chi connectivity index (χ3n) is 3.46. The summed E-state index contributed by atoms with van der Waals surface area (Å²) in [6, 6.07) is 12.2. The van der Waals surface area contributed by atoms with Crippen molar-refractivity contribution in [2.75, 3.05) is 0 Å². The van der Waals surface area contributed by atoms with Gasteiger partial charge in [0.25, 0.3) is 0 Å². The zero-order chi connectivity index (χ0) is 14.8. The summed E-state index contributed by atoms with van der Waals surface area (Å²) in [5, 5.41) is 11.0. The number of halogens is 3. The van der Waals surface area contributed by atoms with Crippen molar-refractivity contribution in [1.29, 1.82) is 0 Å². The van der Waals surface area contributed by atoms with Crippen molar-refractivity contribution in [3.8, 4) is 0 Å². The molecule has 0 aliphatic heterocycles. The lowest BCUT2D eigenvalue weighted by Crippen LogP contribution is -2.28. The van der Waals surface area contributed by atoms with E-state index in [2.05, 4.69) is 15.9 Å². The van der Waals surface area contributed by atoms with Crippen LogP contribution < -0.4 is 0 Å². The highest BCUT2D eigenvalue weighted by molar-refractivity contribution is 9.10. The van der Waals surface area contributed by atoms with Crippen LogP contribution in [0.1, 0.15) is 24.5 Å². The lowest BCUT2D eigenvalue weighted by molar-refractivity contribution is 0.0326.